The van der Waals surface area contributed by atoms with Crippen molar-refractivity contribution in [1.29, 1.82) is 5.41 Å². The Balaban J connectivity index is 0.955. The summed E-state index contributed by atoms with van der Waals surface area (Å²) in [6, 6.07) is 11.1. The first-order valence-electron chi connectivity index (χ1n) is 36.4. The highest BCUT2D eigenvalue weighted by molar-refractivity contribution is 7.85. The van der Waals surface area contributed by atoms with Crippen LogP contribution in [0.2, 0.25) is 0 Å². The summed E-state index contributed by atoms with van der Waals surface area (Å²) in [5.74, 6) is -10.5. The number of guanidine groups is 1. The number of hydrogen-bond acceptors (Lipinski definition) is 19. The second-order valence-electron chi connectivity index (χ2n) is 27.9. The molecule has 0 spiro atoms. The van der Waals surface area contributed by atoms with Crippen LogP contribution in [0, 0.1) is 11.3 Å². The second kappa shape index (κ2) is 38.9. The average Bonchev–Trinajstić information content (AvgIpc) is 1.60. The number of carbonyl (C=O) groups excluding carboxylic acids is 12. The van der Waals surface area contributed by atoms with E-state index in [1.165, 1.54) is 53.8 Å². The van der Waals surface area contributed by atoms with Crippen LogP contribution >= 0.6 is 0 Å². The van der Waals surface area contributed by atoms with E-state index in [1.54, 1.807) is 68.6 Å². The molecule has 1 aliphatic carbocycles. The van der Waals surface area contributed by atoms with Gasteiger partial charge in [-0.25, -0.2) is 9.78 Å². The van der Waals surface area contributed by atoms with Gasteiger partial charge in [0.1, 0.15) is 66.7 Å². The molecule has 4 heterocycles. The van der Waals surface area contributed by atoms with Crippen LogP contribution in [0.5, 0.6) is 5.75 Å². The summed E-state index contributed by atoms with van der Waals surface area (Å²) in [7, 11) is -4.60. The number of aromatic nitrogens is 3. The molecule has 2 fully saturated rings. The van der Waals surface area contributed by atoms with Crippen molar-refractivity contribution in [3.8, 4) is 16.9 Å². The highest BCUT2D eigenvalue weighted by Crippen LogP contribution is 2.45. The number of H-pyrrole nitrogens is 2. The molecule has 1 unspecified atom stereocenters. The zero-order chi connectivity index (χ0) is 80.1. The molecule has 0 radical (unpaired) electrons. The molecule has 37 heteroatoms. The Labute approximate surface area is 638 Å². The molecule has 2 saturated heterocycles. The second-order valence-corrected chi connectivity index (χ2v) is 29.3. The maximum absolute atomic E-state index is 15.2. The maximum atomic E-state index is 15.2. The lowest BCUT2D eigenvalue weighted by atomic mass is 9.98. The zero-order valence-corrected chi connectivity index (χ0v) is 61.9. The quantitative estimate of drug-likeness (QED) is 0.00967. The summed E-state index contributed by atoms with van der Waals surface area (Å²) in [4.78, 5) is 179. The van der Waals surface area contributed by atoms with Crippen molar-refractivity contribution in [1.82, 2.24) is 78.3 Å². The van der Waals surface area contributed by atoms with Gasteiger partial charge in [-0.1, -0.05) is 74.5 Å². The summed E-state index contributed by atoms with van der Waals surface area (Å²) in [6.45, 7) is 1.79. The molecule has 594 valence electrons. The number of carbonyl (C=O) groups is 12. The highest BCUT2D eigenvalue weighted by Gasteiger charge is 2.41. The minimum Gasteiger partial charge on any atom is -0.508 e. The van der Waals surface area contributed by atoms with Crippen molar-refractivity contribution < 1.29 is 85.5 Å². The number of aliphatic hydroxyl groups excluding tert-OH is 1. The van der Waals surface area contributed by atoms with E-state index < -0.39 is 149 Å². The maximum Gasteiger partial charge on any atom is 0.407 e. The van der Waals surface area contributed by atoms with Crippen LogP contribution in [-0.4, -0.2) is 214 Å². The molecule has 9 rings (SSSR count). The Bertz CT molecular complexity index is 4500. The molecular formula is C74H94N18O18S. The van der Waals surface area contributed by atoms with Gasteiger partial charge in [0, 0.05) is 80.2 Å². The smallest absolute Gasteiger partial charge is 0.407 e. The average molecular weight is 1560 g/mol. The molecule has 36 nitrogen and oxygen atoms in total. The topological polar surface area (TPSA) is 565 Å². The molecule has 2 aliphatic heterocycles. The zero-order valence-electron chi connectivity index (χ0n) is 61.1. The molecule has 2 aromatic heterocycles. The number of likely N-dealkylation sites (tertiary alicyclic amines) is 1. The Hall–Kier alpha value is -12.0. The van der Waals surface area contributed by atoms with Crippen LogP contribution in [-0.2, 0) is 86.9 Å². The van der Waals surface area contributed by atoms with Crippen LogP contribution < -0.4 is 70.0 Å². The summed E-state index contributed by atoms with van der Waals surface area (Å²) in [5, 5.41) is 58.6. The van der Waals surface area contributed by atoms with Crippen molar-refractivity contribution in [2.45, 2.75) is 163 Å². The van der Waals surface area contributed by atoms with Crippen LogP contribution in [0.3, 0.4) is 0 Å². The number of unbranched alkanes of at least 4 members (excludes halogenated alkanes) is 1. The van der Waals surface area contributed by atoms with Crippen molar-refractivity contribution in [2.75, 3.05) is 39.4 Å². The van der Waals surface area contributed by atoms with Crippen molar-refractivity contribution in [3.63, 3.8) is 0 Å². The predicted octanol–water partition coefficient (Wildman–Crippen LogP) is -0.853. The fraction of sp³-hybridized carbons (Fsp3) is 0.432. The number of phenols is 1. The van der Waals surface area contributed by atoms with Gasteiger partial charge in [-0.15, -0.1) is 0 Å². The van der Waals surface area contributed by atoms with E-state index in [-0.39, 0.29) is 132 Å². The summed E-state index contributed by atoms with van der Waals surface area (Å²) >= 11 is 0. The van der Waals surface area contributed by atoms with Crippen molar-refractivity contribution in [3.05, 3.63) is 138 Å². The Morgan fingerprint density at radius 2 is 1.29 bits per heavy atom. The molecule has 10 atom stereocenters. The van der Waals surface area contributed by atoms with Gasteiger partial charge in [0.2, 0.25) is 65.0 Å². The van der Waals surface area contributed by atoms with Gasteiger partial charge < -0.3 is 99.8 Å². The number of aromatic amines is 2. The number of para-hydroxylation sites is 1. The largest absolute Gasteiger partial charge is 0.508 e. The SMILES string of the molecule is CC(C)C[C@H](NC(=O)[C@@H](CCCCNC(=O)OCC1c2ccccc2-c2ccc(S(=O)(=O)O)cc21)NC(=O)[C@H](Cc1ccc(O)cc1)NC(=O)[C@H](CO)NC(=O)[C@H](Cc1c[nH]c2ccccc12)NC(=O)[C@H](Cc1cnc[nH]1)NC(=O)[C@@H]1CCC(=O)N1)C(=O)N[C@@H](CCCNC(=N)N)C(=O)N1CCC[C@H]1C(=O)NCC(N)=O. The Morgan fingerprint density at radius 3 is 1.96 bits per heavy atom. The number of nitrogens with two attached hydrogens (primary N) is 2. The summed E-state index contributed by atoms with van der Waals surface area (Å²) in [6.07, 6.45) is 3.61. The van der Waals surface area contributed by atoms with E-state index in [0.29, 0.717) is 45.3 Å². The van der Waals surface area contributed by atoms with Gasteiger partial charge in [0.15, 0.2) is 5.96 Å². The third kappa shape index (κ3) is 23.3. The number of aliphatic hydroxyl groups is 1. The number of amides is 12. The standard InChI is InChI=1S/C74H94N18O18S/c1-40(2)29-56(66(99)86-55(16-9-27-79-73(76)77)72(105)92-28-10-17-61(92)71(104)82-36-62(75)95)87-64(97)53(15-7-8-26-80-74(106)110-38-51-48-13-4-3-12-47(48)49-23-22-45(33-50(49)51)111(107,108)109)85-67(100)57(30-41-18-20-44(94)21-19-41)88-70(103)60(37-93)91-68(101)58(31-42-34-81-52-14-6-5-11-46(42)52)89-69(102)59(32-43-35-78-39-83-43)90-65(98)54-24-25-63(96)84-54/h3-6,11-14,18-23,33-35,39-40,51,53-61,81,93-94H,7-10,15-17,24-32,36-38H2,1-2H3,(H2,75,95)(H,78,83)(H,80,106)(H,82,104)(H,84,96)(H,85,100)(H,86,99)(H,87,97)(H,88,103)(H,89,102)(H,90,98)(H,91,101)(H4,76,77,79)(H,107,108,109)/t51?,53-,54+,55+,56+,57+,58+,59+,60+,61+/m1/s1. The Kier molecular flexibility index (Phi) is 29.1. The summed E-state index contributed by atoms with van der Waals surface area (Å²) in [5.41, 5.74) is 15.5. The molecule has 6 aromatic rings. The van der Waals surface area contributed by atoms with E-state index in [0.717, 1.165) is 11.1 Å². The minimum atomic E-state index is -4.60. The molecule has 12 amide bonds. The number of imidazole rings is 1. The lowest BCUT2D eigenvalue weighted by molar-refractivity contribution is -0.142. The van der Waals surface area contributed by atoms with E-state index in [9.17, 15) is 71.1 Å². The van der Waals surface area contributed by atoms with Gasteiger partial charge in [-0.2, -0.15) is 8.42 Å². The molecule has 21 N–H and O–H groups in total. The number of hydrogen-bond donors (Lipinski definition) is 19. The molecule has 4 aromatic carbocycles. The number of nitrogens with one attached hydrogen (secondary N) is 14. The normalized spacial score (nSPS) is 16.9. The fourth-order valence-electron chi connectivity index (χ4n) is 13.6. The molecule has 3 aliphatic rings. The highest BCUT2D eigenvalue weighted by atomic mass is 32.2. The van der Waals surface area contributed by atoms with Gasteiger partial charge in [-0.05, 0) is 127 Å². The number of alkyl carbamates (subject to hydrolysis) is 1. The van der Waals surface area contributed by atoms with Crippen LogP contribution in [0.25, 0.3) is 22.0 Å². The number of benzene rings is 4. The van der Waals surface area contributed by atoms with Crippen LogP contribution in [0.1, 0.15) is 112 Å². The third-order valence-corrected chi connectivity index (χ3v) is 20.1. The van der Waals surface area contributed by atoms with Crippen molar-refractivity contribution >= 4 is 98.1 Å². The van der Waals surface area contributed by atoms with E-state index in [2.05, 4.69) is 73.4 Å². The first-order valence-corrected chi connectivity index (χ1v) is 37.9. The number of aromatic hydroxyl groups is 1. The van der Waals surface area contributed by atoms with Gasteiger partial charge in [-0.3, -0.25) is 62.7 Å². The first-order chi connectivity index (χ1) is 53.0. The molecule has 0 bridgehead atoms. The van der Waals surface area contributed by atoms with E-state index in [4.69, 9.17) is 21.6 Å². The molecule has 0 saturated carbocycles. The van der Waals surface area contributed by atoms with Gasteiger partial charge in [0.05, 0.1) is 24.4 Å². The first kappa shape index (κ1) is 83.1. The fourth-order valence-corrected chi connectivity index (χ4v) is 14.1. The van der Waals surface area contributed by atoms with Crippen LogP contribution in [0.15, 0.2) is 115 Å². The molecular weight excluding hydrogens is 1460 g/mol. The van der Waals surface area contributed by atoms with Crippen molar-refractivity contribution in [2.24, 2.45) is 17.4 Å². The van der Waals surface area contributed by atoms with E-state index in [1.807, 2.05) is 6.07 Å². The van der Waals surface area contributed by atoms with E-state index >= 15 is 9.59 Å². The minimum absolute atomic E-state index is 0.0508. The Morgan fingerprint density at radius 1 is 0.667 bits per heavy atom. The lowest BCUT2D eigenvalue weighted by Crippen LogP contribution is -2.61. The van der Waals surface area contributed by atoms with Crippen LogP contribution in [0.4, 0.5) is 4.79 Å². The number of phenolic OH excluding ortho intramolecular Hbond substituents is 1. The molecule has 111 heavy (non-hydrogen) atoms. The van der Waals surface area contributed by atoms with Gasteiger partial charge in [0.25, 0.3) is 10.1 Å². The number of ether oxygens (including phenoxy) is 1. The number of fused-ring (bicyclic) bond motifs is 4. The third-order valence-electron chi connectivity index (χ3n) is 19.2. The van der Waals surface area contributed by atoms with Gasteiger partial charge >= 0.3 is 6.09 Å². The number of rotatable bonds is 39. The lowest BCUT2D eigenvalue weighted by Gasteiger charge is -2.30. The number of primary amides is 1. The predicted molar refractivity (Wildman–Crippen MR) is 400 cm³/mol. The number of nitrogens with zero attached hydrogens (tertiary/aromatic N) is 2. The summed E-state index contributed by atoms with van der Waals surface area (Å²) < 4.78 is 39.9. The monoisotopic (exact) mass is 1550 g/mol.